The minimum Gasteiger partial charge on any atom is -0.487 e. The first kappa shape index (κ1) is 24.8. The van der Waals surface area contributed by atoms with Crippen LogP contribution in [0.3, 0.4) is 0 Å². The predicted molar refractivity (Wildman–Crippen MR) is 133 cm³/mol. The highest BCUT2D eigenvalue weighted by Gasteiger charge is 2.33. The lowest BCUT2D eigenvalue weighted by atomic mass is 9.90. The molecule has 0 aliphatic carbocycles. The van der Waals surface area contributed by atoms with Gasteiger partial charge >= 0.3 is 0 Å². The first-order valence-corrected chi connectivity index (χ1v) is 10.1. The molecule has 1 unspecified atom stereocenters. The second kappa shape index (κ2) is 11.2. The molecule has 1 heterocycles. The molecule has 168 valence electrons. The number of carbonyl (C=O) groups excluding carboxylic acids is 1. The third-order valence-corrected chi connectivity index (χ3v) is 4.92. The van der Waals surface area contributed by atoms with Gasteiger partial charge in [0.05, 0.1) is 6.04 Å². The average Bonchev–Trinajstić information content (AvgIpc) is 2.71. The molecule has 0 aromatic heterocycles. The van der Waals surface area contributed by atoms with E-state index in [1.807, 2.05) is 42.5 Å². The molecular weight excluding hydrogens is 507 g/mol. The van der Waals surface area contributed by atoms with E-state index in [-0.39, 0.29) is 42.2 Å². The van der Waals surface area contributed by atoms with Crippen LogP contribution in [0.1, 0.15) is 37.4 Å². The maximum Gasteiger partial charge on any atom is 0.255 e. The molecule has 0 saturated heterocycles. The van der Waals surface area contributed by atoms with Gasteiger partial charge in [-0.3, -0.25) is 9.79 Å². The molecule has 0 radical (unpaired) electrons. The number of amides is 1. The Morgan fingerprint density at radius 3 is 2.61 bits per heavy atom. The minimum absolute atomic E-state index is 0. The Hall–Kier alpha value is -2.49. The van der Waals surface area contributed by atoms with Gasteiger partial charge in [-0.25, -0.2) is 0 Å². The van der Waals surface area contributed by atoms with Crippen molar-refractivity contribution < 1.29 is 14.3 Å². The summed E-state index contributed by atoms with van der Waals surface area (Å²) in [6.07, 6.45) is 1.67. The highest BCUT2D eigenvalue weighted by atomic mass is 127. The standard InChI is InChI=1S/C23H30N4O3.HI/c1-23(2)14-19(18-6-4-5-7-20(18)30-23)27-22(25-3)26-13-12-16-8-10-17(11-9-16)29-15-21(24)28;/h4-11,19H,12-15H2,1-3H3,(H2,24,28)(H2,25,26,27);1H. The Morgan fingerprint density at radius 1 is 1.23 bits per heavy atom. The molecule has 8 heteroatoms. The number of carbonyl (C=O) groups is 1. The average molecular weight is 538 g/mol. The van der Waals surface area contributed by atoms with E-state index in [2.05, 4.69) is 35.5 Å². The van der Waals surface area contributed by atoms with Crippen LogP contribution >= 0.6 is 24.0 Å². The second-order valence-corrected chi connectivity index (χ2v) is 7.95. The molecular formula is C23H31IN4O3. The molecule has 0 spiro atoms. The number of para-hydroxylation sites is 1. The molecule has 0 saturated carbocycles. The molecule has 1 aliphatic rings. The summed E-state index contributed by atoms with van der Waals surface area (Å²) >= 11 is 0. The fraction of sp³-hybridized carbons (Fsp3) is 0.391. The number of fused-ring (bicyclic) bond motifs is 1. The number of rotatable bonds is 7. The molecule has 3 rings (SSSR count). The summed E-state index contributed by atoms with van der Waals surface area (Å²) in [5.41, 5.74) is 7.14. The van der Waals surface area contributed by atoms with E-state index in [9.17, 15) is 4.79 Å². The number of hydrogen-bond donors (Lipinski definition) is 3. The van der Waals surface area contributed by atoms with Gasteiger partial charge in [0, 0.05) is 25.6 Å². The Bertz CT molecular complexity index is 900. The van der Waals surface area contributed by atoms with E-state index in [1.165, 1.54) is 0 Å². The smallest absolute Gasteiger partial charge is 0.255 e. The monoisotopic (exact) mass is 538 g/mol. The van der Waals surface area contributed by atoms with E-state index in [4.69, 9.17) is 15.2 Å². The summed E-state index contributed by atoms with van der Waals surface area (Å²) in [7, 11) is 1.77. The van der Waals surface area contributed by atoms with Gasteiger partial charge in [0.15, 0.2) is 12.6 Å². The number of aliphatic imine (C=N–C) groups is 1. The van der Waals surface area contributed by atoms with Crippen LogP contribution in [-0.4, -0.2) is 37.7 Å². The Kier molecular flexibility index (Phi) is 8.97. The van der Waals surface area contributed by atoms with Crippen LogP contribution in [-0.2, 0) is 11.2 Å². The molecule has 1 atom stereocenters. The van der Waals surface area contributed by atoms with Gasteiger partial charge in [0.25, 0.3) is 5.91 Å². The van der Waals surface area contributed by atoms with Crippen LogP contribution in [0, 0.1) is 0 Å². The molecule has 2 aromatic carbocycles. The normalized spacial score (nSPS) is 16.9. The van der Waals surface area contributed by atoms with Crippen LogP contribution in [0.4, 0.5) is 0 Å². The van der Waals surface area contributed by atoms with Crippen molar-refractivity contribution in [2.24, 2.45) is 10.7 Å². The van der Waals surface area contributed by atoms with Crippen molar-refractivity contribution in [1.29, 1.82) is 0 Å². The van der Waals surface area contributed by atoms with E-state index in [0.717, 1.165) is 42.2 Å². The highest BCUT2D eigenvalue weighted by molar-refractivity contribution is 14.0. The van der Waals surface area contributed by atoms with E-state index in [0.29, 0.717) is 5.75 Å². The zero-order valence-electron chi connectivity index (χ0n) is 18.2. The topological polar surface area (TPSA) is 98.0 Å². The van der Waals surface area contributed by atoms with Gasteiger partial charge in [-0.05, 0) is 44.0 Å². The molecule has 1 amide bonds. The molecule has 2 aromatic rings. The van der Waals surface area contributed by atoms with Crippen LogP contribution in [0.5, 0.6) is 11.5 Å². The van der Waals surface area contributed by atoms with Crippen molar-refractivity contribution in [3.8, 4) is 11.5 Å². The lowest BCUT2D eigenvalue weighted by molar-refractivity contribution is -0.119. The van der Waals surface area contributed by atoms with Gasteiger partial charge < -0.3 is 25.8 Å². The summed E-state index contributed by atoms with van der Waals surface area (Å²) in [6, 6.07) is 15.9. The van der Waals surface area contributed by atoms with Crippen molar-refractivity contribution in [2.45, 2.75) is 38.3 Å². The summed E-state index contributed by atoms with van der Waals surface area (Å²) in [6.45, 7) is 4.82. The maximum atomic E-state index is 10.8. The summed E-state index contributed by atoms with van der Waals surface area (Å²) in [4.78, 5) is 15.2. The Balaban J connectivity index is 0.00000341. The number of guanidine groups is 1. The van der Waals surface area contributed by atoms with E-state index in [1.54, 1.807) is 7.05 Å². The number of primary amides is 1. The highest BCUT2D eigenvalue weighted by Crippen LogP contribution is 2.39. The predicted octanol–water partition coefficient (Wildman–Crippen LogP) is 3.18. The Morgan fingerprint density at radius 2 is 1.94 bits per heavy atom. The summed E-state index contributed by atoms with van der Waals surface area (Å²) in [5, 5.41) is 6.92. The lowest BCUT2D eigenvalue weighted by Gasteiger charge is -2.38. The van der Waals surface area contributed by atoms with Crippen molar-refractivity contribution in [1.82, 2.24) is 10.6 Å². The fourth-order valence-electron chi connectivity index (χ4n) is 3.52. The van der Waals surface area contributed by atoms with E-state index >= 15 is 0 Å². The molecule has 0 bridgehead atoms. The number of hydrogen-bond acceptors (Lipinski definition) is 4. The summed E-state index contributed by atoms with van der Waals surface area (Å²) in [5.74, 6) is 1.82. The van der Waals surface area contributed by atoms with Crippen LogP contribution in [0.2, 0.25) is 0 Å². The molecule has 1 aliphatic heterocycles. The quantitative estimate of drug-likeness (QED) is 0.286. The van der Waals surface area contributed by atoms with Crippen molar-refractivity contribution in [3.05, 3.63) is 59.7 Å². The zero-order valence-corrected chi connectivity index (χ0v) is 20.5. The summed E-state index contributed by atoms with van der Waals surface area (Å²) < 4.78 is 11.4. The van der Waals surface area contributed by atoms with E-state index < -0.39 is 5.91 Å². The number of ether oxygens (including phenoxy) is 2. The third-order valence-electron chi connectivity index (χ3n) is 4.92. The Labute approximate surface area is 200 Å². The van der Waals surface area contributed by atoms with Gasteiger partial charge in [-0.1, -0.05) is 30.3 Å². The fourth-order valence-corrected chi connectivity index (χ4v) is 3.52. The van der Waals surface area contributed by atoms with Gasteiger partial charge in [0.2, 0.25) is 0 Å². The number of nitrogens with two attached hydrogens (primary N) is 1. The van der Waals surface area contributed by atoms with Crippen LogP contribution in [0.25, 0.3) is 0 Å². The number of nitrogens with zero attached hydrogens (tertiary/aromatic N) is 1. The van der Waals surface area contributed by atoms with Crippen molar-refractivity contribution in [2.75, 3.05) is 20.2 Å². The number of halogens is 1. The second-order valence-electron chi connectivity index (χ2n) is 7.95. The lowest BCUT2D eigenvalue weighted by Crippen LogP contribution is -2.45. The molecule has 0 fully saturated rings. The molecule has 7 nitrogen and oxygen atoms in total. The number of nitrogens with one attached hydrogen (secondary N) is 2. The largest absolute Gasteiger partial charge is 0.487 e. The third kappa shape index (κ3) is 7.30. The SMILES string of the molecule is CN=C(NCCc1ccc(OCC(N)=O)cc1)NC1CC(C)(C)Oc2ccccc21.I. The number of benzene rings is 2. The first-order valence-electron chi connectivity index (χ1n) is 10.1. The molecule has 31 heavy (non-hydrogen) atoms. The van der Waals surface area contributed by atoms with Crippen LogP contribution < -0.4 is 25.8 Å². The maximum absolute atomic E-state index is 10.8. The van der Waals surface area contributed by atoms with Crippen molar-refractivity contribution >= 4 is 35.8 Å². The van der Waals surface area contributed by atoms with Gasteiger partial charge in [0.1, 0.15) is 17.1 Å². The van der Waals surface area contributed by atoms with Gasteiger partial charge in [-0.15, -0.1) is 24.0 Å². The zero-order chi connectivity index (χ0) is 21.6. The minimum atomic E-state index is -0.488. The van der Waals surface area contributed by atoms with Crippen LogP contribution in [0.15, 0.2) is 53.5 Å². The van der Waals surface area contributed by atoms with Crippen molar-refractivity contribution in [3.63, 3.8) is 0 Å². The first-order chi connectivity index (χ1) is 14.4. The van der Waals surface area contributed by atoms with Gasteiger partial charge in [-0.2, -0.15) is 0 Å². The molecule has 4 N–H and O–H groups in total.